The fourth-order valence-corrected chi connectivity index (χ4v) is 3.12. The molecule has 0 aliphatic carbocycles. The minimum Gasteiger partial charge on any atom is -0.491 e. The number of hydrogen-bond donors (Lipinski definition) is 1. The van der Waals surface area contributed by atoms with E-state index in [9.17, 15) is 9.59 Å². The lowest BCUT2D eigenvalue weighted by Crippen LogP contribution is -2.27. The summed E-state index contributed by atoms with van der Waals surface area (Å²) in [7, 11) is 1.74. The second-order valence-corrected chi connectivity index (χ2v) is 6.27. The quantitative estimate of drug-likeness (QED) is 0.772. The molecular formula is C21H18N2O3. The Morgan fingerprint density at radius 2 is 1.88 bits per heavy atom. The van der Waals surface area contributed by atoms with Crippen LogP contribution in [0.4, 0.5) is 5.69 Å². The van der Waals surface area contributed by atoms with Crippen LogP contribution < -0.4 is 10.1 Å². The molecule has 0 bridgehead atoms. The van der Waals surface area contributed by atoms with Crippen molar-refractivity contribution >= 4 is 28.3 Å². The van der Waals surface area contributed by atoms with Gasteiger partial charge in [0.05, 0.1) is 12.1 Å². The Morgan fingerprint density at radius 1 is 1.08 bits per heavy atom. The average molecular weight is 346 g/mol. The maximum atomic E-state index is 12.8. The Bertz CT molecular complexity index is 1010. The number of rotatable bonds is 2. The van der Waals surface area contributed by atoms with Gasteiger partial charge in [0.25, 0.3) is 11.8 Å². The van der Waals surface area contributed by atoms with E-state index in [0.29, 0.717) is 35.7 Å². The normalized spacial score (nSPS) is 13.7. The lowest BCUT2D eigenvalue weighted by Gasteiger charge is -2.13. The molecule has 1 aliphatic rings. The molecule has 0 spiro atoms. The first-order valence-corrected chi connectivity index (χ1v) is 8.45. The molecule has 0 fully saturated rings. The maximum Gasteiger partial charge on any atom is 0.257 e. The second-order valence-electron chi connectivity index (χ2n) is 6.27. The van der Waals surface area contributed by atoms with Crippen molar-refractivity contribution in [3.8, 4) is 5.75 Å². The van der Waals surface area contributed by atoms with E-state index in [-0.39, 0.29) is 11.8 Å². The minimum atomic E-state index is -0.211. The predicted octanol–water partition coefficient (Wildman–Crippen LogP) is 3.56. The van der Waals surface area contributed by atoms with Crippen LogP contribution in [0.1, 0.15) is 20.7 Å². The molecule has 0 unspecified atom stereocenters. The largest absolute Gasteiger partial charge is 0.491 e. The molecule has 4 rings (SSSR count). The number of anilines is 1. The van der Waals surface area contributed by atoms with Crippen molar-refractivity contribution < 1.29 is 14.3 Å². The van der Waals surface area contributed by atoms with E-state index in [1.54, 1.807) is 36.2 Å². The van der Waals surface area contributed by atoms with Gasteiger partial charge in [-0.3, -0.25) is 9.59 Å². The summed E-state index contributed by atoms with van der Waals surface area (Å²) in [4.78, 5) is 26.8. The molecule has 26 heavy (non-hydrogen) atoms. The molecule has 0 saturated heterocycles. The molecule has 2 amide bonds. The van der Waals surface area contributed by atoms with E-state index in [2.05, 4.69) is 5.32 Å². The summed E-state index contributed by atoms with van der Waals surface area (Å²) in [6.07, 6.45) is 0. The third kappa shape index (κ3) is 2.88. The molecular weight excluding hydrogens is 328 g/mol. The molecule has 1 heterocycles. The SMILES string of the molecule is CN1CCOc2ccc(NC(=O)c3cccc4ccccc34)cc2C1=O. The van der Waals surface area contributed by atoms with Gasteiger partial charge in [-0.05, 0) is 35.0 Å². The molecule has 1 N–H and O–H groups in total. The summed E-state index contributed by atoms with van der Waals surface area (Å²) in [5, 5.41) is 4.79. The number of fused-ring (bicyclic) bond motifs is 2. The van der Waals surface area contributed by atoms with Crippen LogP contribution in [-0.4, -0.2) is 36.9 Å². The highest BCUT2D eigenvalue weighted by atomic mass is 16.5. The smallest absolute Gasteiger partial charge is 0.257 e. The Hall–Kier alpha value is -3.34. The van der Waals surface area contributed by atoms with Crippen molar-refractivity contribution in [1.29, 1.82) is 0 Å². The summed E-state index contributed by atoms with van der Waals surface area (Å²) < 4.78 is 5.62. The molecule has 3 aromatic carbocycles. The van der Waals surface area contributed by atoms with Gasteiger partial charge in [-0.25, -0.2) is 0 Å². The van der Waals surface area contributed by atoms with Crippen molar-refractivity contribution in [2.75, 3.05) is 25.5 Å². The summed E-state index contributed by atoms with van der Waals surface area (Å²) in [5.74, 6) is 0.221. The van der Waals surface area contributed by atoms with Crippen LogP contribution in [0.2, 0.25) is 0 Å². The van der Waals surface area contributed by atoms with Gasteiger partial charge in [0.15, 0.2) is 0 Å². The number of benzene rings is 3. The lowest BCUT2D eigenvalue weighted by atomic mass is 10.0. The van der Waals surface area contributed by atoms with Crippen LogP contribution >= 0.6 is 0 Å². The number of hydrogen-bond acceptors (Lipinski definition) is 3. The zero-order valence-corrected chi connectivity index (χ0v) is 14.4. The van der Waals surface area contributed by atoms with Gasteiger partial charge in [-0.15, -0.1) is 0 Å². The van der Waals surface area contributed by atoms with E-state index in [4.69, 9.17) is 4.74 Å². The van der Waals surface area contributed by atoms with Gasteiger partial charge in [0.1, 0.15) is 12.4 Å². The van der Waals surface area contributed by atoms with Crippen LogP contribution in [-0.2, 0) is 0 Å². The standard InChI is InChI=1S/C21H18N2O3/c1-23-11-12-26-19-10-9-15(13-18(19)21(23)25)22-20(24)17-8-4-6-14-5-2-3-7-16(14)17/h2-10,13H,11-12H2,1H3,(H,22,24). The van der Waals surface area contributed by atoms with Crippen LogP contribution in [0.3, 0.4) is 0 Å². The zero-order chi connectivity index (χ0) is 18.1. The van der Waals surface area contributed by atoms with Gasteiger partial charge >= 0.3 is 0 Å². The highest BCUT2D eigenvalue weighted by Crippen LogP contribution is 2.27. The van der Waals surface area contributed by atoms with Crippen LogP contribution in [0.5, 0.6) is 5.75 Å². The van der Waals surface area contributed by atoms with Gasteiger partial charge in [0.2, 0.25) is 0 Å². The van der Waals surface area contributed by atoms with Crippen molar-refractivity contribution in [3.05, 3.63) is 71.8 Å². The van der Waals surface area contributed by atoms with Crippen LogP contribution in [0.25, 0.3) is 10.8 Å². The van der Waals surface area contributed by atoms with E-state index in [1.165, 1.54) is 0 Å². The van der Waals surface area contributed by atoms with E-state index >= 15 is 0 Å². The monoisotopic (exact) mass is 346 g/mol. The third-order valence-corrected chi connectivity index (χ3v) is 4.53. The van der Waals surface area contributed by atoms with E-state index < -0.39 is 0 Å². The highest BCUT2D eigenvalue weighted by Gasteiger charge is 2.21. The number of carbonyl (C=O) groups is 2. The van der Waals surface area contributed by atoms with E-state index in [0.717, 1.165) is 10.8 Å². The summed E-state index contributed by atoms with van der Waals surface area (Å²) in [5.41, 5.74) is 1.62. The Balaban J connectivity index is 1.66. The zero-order valence-electron chi connectivity index (χ0n) is 14.4. The van der Waals surface area contributed by atoms with Crippen molar-refractivity contribution in [1.82, 2.24) is 4.90 Å². The predicted molar refractivity (Wildman–Crippen MR) is 101 cm³/mol. The first kappa shape index (κ1) is 16.1. The van der Waals surface area contributed by atoms with Crippen LogP contribution in [0, 0.1) is 0 Å². The molecule has 130 valence electrons. The number of nitrogens with one attached hydrogen (secondary N) is 1. The lowest BCUT2D eigenvalue weighted by molar-refractivity contribution is 0.0796. The fourth-order valence-electron chi connectivity index (χ4n) is 3.12. The van der Waals surface area contributed by atoms with Crippen molar-refractivity contribution in [2.45, 2.75) is 0 Å². The summed E-state index contributed by atoms with van der Waals surface area (Å²) in [6.45, 7) is 0.988. The summed E-state index contributed by atoms with van der Waals surface area (Å²) >= 11 is 0. The Kier molecular flexibility index (Phi) is 4.05. The Labute approximate surface area is 151 Å². The number of ether oxygens (including phenoxy) is 1. The molecule has 5 heteroatoms. The topological polar surface area (TPSA) is 58.6 Å². The van der Waals surface area contributed by atoms with Crippen molar-refractivity contribution in [2.24, 2.45) is 0 Å². The van der Waals surface area contributed by atoms with Gasteiger partial charge in [0, 0.05) is 18.3 Å². The first-order valence-electron chi connectivity index (χ1n) is 8.45. The Morgan fingerprint density at radius 3 is 2.77 bits per heavy atom. The molecule has 0 saturated carbocycles. The molecule has 0 aromatic heterocycles. The first-order chi connectivity index (χ1) is 12.6. The average Bonchev–Trinajstić information content (AvgIpc) is 2.80. The van der Waals surface area contributed by atoms with Gasteiger partial charge in [-0.2, -0.15) is 0 Å². The van der Waals surface area contributed by atoms with Gasteiger partial charge < -0.3 is 15.0 Å². The minimum absolute atomic E-state index is 0.112. The molecule has 5 nitrogen and oxygen atoms in total. The molecule has 0 radical (unpaired) electrons. The number of carbonyl (C=O) groups excluding carboxylic acids is 2. The number of nitrogens with zero attached hydrogens (tertiary/aromatic N) is 1. The van der Waals surface area contributed by atoms with Crippen molar-refractivity contribution in [3.63, 3.8) is 0 Å². The molecule has 3 aromatic rings. The second kappa shape index (κ2) is 6.52. The number of amides is 2. The molecule has 1 aliphatic heterocycles. The third-order valence-electron chi connectivity index (χ3n) is 4.53. The highest BCUT2D eigenvalue weighted by molar-refractivity contribution is 6.13. The summed E-state index contributed by atoms with van der Waals surface area (Å²) in [6, 6.07) is 18.5. The van der Waals surface area contributed by atoms with Crippen LogP contribution in [0.15, 0.2) is 60.7 Å². The number of likely N-dealkylation sites (N-methyl/N-ethyl adjacent to an activating group) is 1. The van der Waals surface area contributed by atoms with E-state index in [1.807, 2.05) is 36.4 Å². The maximum absolute atomic E-state index is 12.8. The van der Waals surface area contributed by atoms with Gasteiger partial charge in [-0.1, -0.05) is 36.4 Å². The molecule has 0 atom stereocenters. The fraction of sp³-hybridized carbons (Fsp3) is 0.143.